The summed E-state index contributed by atoms with van der Waals surface area (Å²) >= 11 is 0. The van der Waals surface area contributed by atoms with Crippen LogP contribution in [-0.2, 0) is 11.3 Å². The molecule has 3 rings (SSSR count). The summed E-state index contributed by atoms with van der Waals surface area (Å²) in [6, 6.07) is 13.0. The van der Waals surface area contributed by atoms with Gasteiger partial charge in [-0.1, -0.05) is 30.3 Å². The molecule has 7 heteroatoms. The van der Waals surface area contributed by atoms with Crippen molar-refractivity contribution in [2.24, 2.45) is 0 Å². The molecule has 3 N–H and O–H groups in total. The van der Waals surface area contributed by atoms with Crippen molar-refractivity contribution in [1.82, 2.24) is 20.7 Å². The molecule has 1 amide bonds. The second-order valence-electron chi connectivity index (χ2n) is 6.68. The van der Waals surface area contributed by atoms with Crippen LogP contribution in [0.15, 0.2) is 54.6 Å². The van der Waals surface area contributed by atoms with E-state index in [1.54, 1.807) is 24.3 Å². The predicted octanol–water partition coefficient (Wildman–Crippen LogP) is 1.90. The van der Waals surface area contributed by atoms with Gasteiger partial charge in [0.25, 0.3) is 5.91 Å². The molecule has 1 fully saturated rings. The first-order valence-electron chi connectivity index (χ1n) is 9.48. The van der Waals surface area contributed by atoms with Crippen LogP contribution in [0.3, 0.4) is 0 Å². The van der Waals surface area contributed by atoms with Gasteiger partial charge in [0.1, 0.15) is 0 Å². The van der Waals surface area contributed by atoms with Gasteiger partial charge < -0.3 is 5.32 Å². The zero-order valence-corrected chi connectivity index (χ0v) is 16.0. The summed E-state index contributed by atoms with van der Waals surface area (Å²) < 4.78 is 0. The number of ketones is 1. The second kappa shape index (κ2) is 10.4. The van der Waals surface area contributed by atoms with Crippen molar-refractivity contribution in [3.05, 3.63) is 77.1 Å². The molecule has 0 bridgehead atoms. The lowest BCUT2D eigenvalue weighted by molar-refractivity contribution is -0.124. The minimum Gasteiger partial charge on any atom is -0.314 e. The van der Waals surface area contributed by atoms with E-state index in [1.807, 2.05) is 24.3 Å². The van der Waals surface area contributed by atoms with E-state index in [9.17, 15) is 9.59 Å². The fourth-order valence-corrected chi connectivity index (χ4v) is 3.11. The number of allylic oxidation sites excluding steroid dienone is 1. The summed E-state index contributed by atoms with van der Waals surface area (Å²) in [5.74, 6) is -0.706. The number of rotatable bonds is 7. The van der Waals surface area contributed by atoms with E-state index in [2.05, 4.69) is 15.2 Å². The third kappa shape index (κ3) is 6.18. The Morgan fingerprint density at radius 3 is 2.45 bits per heavy atom. The van der Waals surface area contributed by atoms with Gasteiger partial charge in [-0.25, -0.2) is 10.5 Å². The van der Waals surface area contributed by atoms with Crippen LogP contribution in [0, 0.1) is 0 Å². The maximum atomic E-state index is 12.8. The van der Waals surface area contributed by atoms with Crippen LogP contribution < -0.4 is 10.8 Å². The van der Waals surface area contributed by atoms with Crippen LogP contribution in [0.1, 0.15) is 27.3 Å². The number of benzene rings is 1. The van der Waals surface area contributed by atoms with Gasteiger partial charge in [-0.3, -0.25) is 19.7 Å². The molecule has 2 heterocycles. The van der Waals surface area contributed by atoms with Crippen molar-refractivity contribution in [3.8, 4) is 0 Å². The van der Waals surface area contributed by atoms with Crippen molar-refractivity contribution < 1.29 is 14.8 Å². The van der Waals surface area contributed by atoms with Crippen LogP contribution in [0.25, 0.3) is 12.2 Å². The highest BCUT2D eigenvalue weighted by Crippen LogP contribution is 2.14. The fraction of sp³-hybridized carbons (Fsp3) is 0.227. The monoisotopic (exact) mass is 392 g/mol. The third-order valence-corrected chi connectivity index (χ3v) is 4.60. The van der Waals surface area contributed by atoms with Crippen molar-refractivity contribution in [2.75, 3.05) is 26.2 Å². The zero-order chi connectivity index (χ0) is 20.5. The number of carbonyl (C=O) groups is 2. The van der Waals surface area contributed by atoms with Gasteiger partial charge in [0, 0.05) is 44.4 Å². The normalized spacial score (nSPS) is 15.1. The zero-order valence-electron chi connectivity index (χ0n) is 16.0. The Morgan fingerprint density at radius 1 is 1.03 bits per heavy atom. The number of pyridine rings is 1. The lowest BCUT2D eigenvalue weighted by Crippen LogP contribution is -2.43. The molecule has 0 saturated carbocycles. The summed E-state index contributed by atoms with van der Waals surface area (Å²) in [5, 5.41) is 11.9. The Balaban J connectivity index is 1.71. The average Bonchev–Trinajstić information content (AvgIpc) is 2.77. The molecule has 150 valence electrons. The highest BCUT2D eigenvalue weighted by atomic mass is 16.5. The molecule has 0 aliphatic carbocycles. The van der Waals surface area contributed by atoms with Crippen molar-refractivity contribution in [1.29, 1.82) is 0 Å². The highest BCUT2D eigenvalue weighted by Gasteiger charge is 2.14. The summed E-state index contributed by atoms with van der Waals surface area (Å²) in [7, 11) is 0. The van der Waals surface area contributed by atoms with Gasteiger partial charge in [-0.2, -0.15) is 0 Å². The number of carbonyl (C=O) groups excluding carboxylic acids is 2. The first-order valence-corrected chi connectivity index (χ1v) is 9.48. The number of hydrogen-bond donors (Lipinski definition) is 3. The van der Waals surface area contributed by atoms with E-state index < -0.39 is 5.91 Å². The predicted molar refractivity (Wildman–Crippen MR) is 111 cm³/mol. The molecule has 0 spiro atoms. The number of hydroxylamine groups is 1. The molecule has 0 radical (unpaired) electrons. The Kier molecular flexibility index (Phi) is 7.40. The standard InChI is InChI=1S/C22H24N4O3/c27-21(10-8-18-5-3-6-19(24-18)9-11-22(28)25-29)20-7-2-1-4-17(20)16-26-14-12-23-13-15-26/h1-11,23,29H,12-16H2,(H,25,28). The smallest absolute Gasteiger partial charge is 0.267 e. The van der Waals surface area contributed by atoms with Crippen LogP contribution in [0.4, 0.5) is 0 Å². The first-order chi connectivity index (χ1) is 14.2. The average molecular weight is 392 g/mol. The number of amides is 1. The summed E-state index contributed by atoms with van der Waals surface area (Å²) in [5.41, 5.74) is 4.38. The molecule has 1 aliphatic heterocycles. The molecule has 1 aromatic carbocycles. The van der Waals surface area contributed by atoms with Gasteiger partial charge in [0.2, 0.25) is 0 Å². The number of nitrogens with one attached hydrogen (secondary N) is 2. The highest BCUT2D eigenvalue weighted by molar-refractivity contribution is 6.07. The van der Waals surface area contributed by atoms with E-state index in [0.29, 0.717) is 17.0 Å². The van der Waals surface area contributed by atoms with E-state index in [1.165, 1.54) is 23.7 Å². The molecule has 1 saturated heterocycles. The molecule has 0 unspecified atom stereocenters. The second-order valence-corrected chi connectivity index (χ2v) is 6.68. The maximum Gasteiger partial charge on any atom is 0.267 e. The number of piperazine rings is 1. The van der Waals surface area contributed by atoms with E-state index in [-0.39, 0.29) is 5.78 Å². The van der Waals surface area contributed by atoms with E-state index >= 15 is 0 Å². The maximum absolute atomic E-state index is 12.8. The molecule has 7 nitrogen and oxygen atoms in total. The van der Waals surface area contributed by atoms with Crippen molar-refractivity contribution in [2.45, 2.75) is 6.54 Å². The molecule has 29 heavy (non-hydrogen) atoms. The van der Waals surface area contributed by atoms with Gasteiger partial charge in [-0.15, -0.1) is 0 Å². The first kappa shape index (κ1) is 20.6. The van der Waals surface area contributed by atoms with Gasteiger partial charge >= 0.3 is 0 Å². The van der Waals surface area contributed by atoms with Crippen LogP contribution >= 0.6 is 0 Å². The van der Waals surface area contributed by atoms with Crippen LogP contribution in [-0.4, -0.2) is 53.0 Å². The molecular formula is C22H24N4O3. The minimum atomic E-state index is -0.635. The molecule has 1 aliphatic rings. The Morgan fingerprint density at radius 2 is 1.72 bits per heavy atom. The summed E-state index contributed by atoms with van der Waals surface area (Å²) in [4.78, 5) is 30.6. The summed E-state index contributed by atoms with van der Waals surface area (Å²) in [6.45, 7) is 4.62. The topological polar surface area (TPSA) is 94.6 Å². The SMILES string of the molecule is O=C(C=Cc1cccc(C=CC(=O)c2ccccc2CN2CCNCC2)n1)NO. The van der Waals surface area contributed by atoms with Gasteiger partial charge in [0.05, 0.1) is 11.4 Å². The largest absolute Gasteiger partial charge is 0.314 e. The van der Waals surface area contributed by atoms with Crippen molar-refractivity contribution >= 4 is 23.8 Å². The Labute approximate surface area is 169 Å². The third-order valence-electron chi connectivity index (χ3n) is 4.60. The quantitative estimate of drug-likeness (QED) is 0.288. The lowest BCUT2D eigenvalue weighted by atomic mass is 10.0. The van der Waals surface area contributed by atoms with E-state index in [0.717, 1.165) is 38.3 Å². The molecule has 0 atom stereocenters. The summed E-state index contributed by atoms with van der Waals surface area (Å²) in [6.07, 6.45) is 5.83. The lowest BCUT2D eigenvalue weighted by Gasteiger charge is -2.27. The van der Waals surface area contributed by atoms with Crippen LogP contribution in [0.5, 0.6) is 0 Å². The Bertz CT molecular complexity index is 918. The van der Waals surface area contributed by atoms with Gasteiger partial charge in [0.15, 0.2) is 5.78 Å². The Hall–Kier alpha value is -3.13. The van der Waals surface area contributed by atoms with Crippen LogP contribution in [0.2, 0.25) is 0 Å². The van der Waals surface area contributed by atoms with E-state index in [4.69, 9.17) is 5.21 Å². The number of nitrogens with zero attached hydrogens (tertiary/aromatic N) is 2. The number of hydrogen-bond acceptors (Lipinski definition) is 6. The molecule has 1 aromatic heterocycles. The molecule has 2 aromatic rings. The number of aromatic nitrogens is 1. The van der Waals surface area contributed by atoms with Crippen molar-refractivity contribution in [3.63, 3.8) is 0 Å². The minimum absolute atomic E-state index is 0.0712. The molecular weight excluding hydrogens is 368 g/mol. The van der Waals surface area contributed by atoms with Gasteiger partial charge in [-0.05, 0) is 35.9 Å². The fourth-order valence-electron chi connectivity index (χ4n) is 3.11.